The normalized spacial score (nSPS) is 14.4. The van der Waals surface area contributed by atoms with Crippen molar-refractivity contribution in [3.63, 3.8) is 0 Å². The molecular weight excluding hydrogens is 326 g/mol. The van der Waals surface area contributed by atoms with Gasteiger partial charge >= 0.3 is 0 Å². The Labute approximate surface area is 147 Å². The van der Waals surface area contributed by atoms with Crippen LogP contribution in [0.4, 0.5) is 11.4 Å². The maximum absolute atomic E-state index is 11.6. The van der Waals surface area contributed by atoms with Crippen LogP contribution in [0, 0.1) is 10.1 Å². The molecular formula is C17H25N3O5. The second-order valence-corrected chi connectivity index (χ2v) is 6.08. The first kappa shape index (κ1) is 19.0. The Bertz CT molecular complexity index is 629. The molecule has 8 heteroatoms. The van der Waals surface area contributed by atoms with Crippen molar-refractivity contribution >= 4 is 17.3 Å². The maximum atomic E-state index is 11.6. The topological polar surface area (TPSA) is 85.1 Å². The molecule has 0 N–H and O–H groups in total. The third-order valence-electron chi connectivity index (χ3n) is 4.37. The fourth-order valence-electron chi connectivity index (χ4n) is 2.87. The van der Waals surface area contributed by atoms with Crippen LogP contribution < -0.4 is 14.4 Å². The first-order chi connectivity index (χ1) is 11.9. The lowest BCUT2D eigenvalue weighted by Crippen LogP contribution is -2.24. The second kappa shape index (κ2) is 8.66. The van der Waals surface area contributed by atoms with Gasteiger partial charge in [-0.1, -0.05) is 0 Å². The van der Waals surface area contributed by atoms with Gasteiger partial charge in [0, 0.05) is 26.6 Å². The summed E-state index contributed by atoms with van der Waals surface area (Å²) in [6.45, 7) is 5.00. The average molecular weight is 351 g/mol. The van der Waals surface area contributed by atoms with E-state index in [9.17, 15) is 14.9 Å². The predicted molar refractivity (Wildman–Crippen MR) is 94.5 cm³/mol. The highest BCUT2D eigenvalue weighted by atomic mass is 16.6. The lowest BCUT2D eigenvalue weighted by molar-refractivity contribution is -0.384. The molecule has 0 unspecified atom stereocenters. The van der Waals surface area contributed by atoms with E-state index in [0.717, 1.165) is 26.1 Å². The summed E-state index contributed by atoms with van der Waals surface area (Å²) in [6.07, 6.45) is 3.32. The number of nitro benzene ring substituents is 1. The lowest BCUT2D eigenvalue weighted by atomic mass is 10.2. The van der Waals surface area contributed by atoms with Crippen LogP contribution in [0.25, 0.3) is 0 Å². The molecule has 0 spiro atoms. The third kappa shape index (κ3) is 4.82. The van der Waals surface area contributed by atoms with Crippen molar-refractivity contribution in [3.05, 3.63) is 22.2 Å². The number of nitrogens with zero attached hydrogens (tertiary/aromatic N) is 3. The molecule has 138 valence electrons. The van der Waals surface area contributed by atoms with Crippen molar-refractivity contribution in [2.24, 2.45) is 0 Å². The zero-order valence-electron chi connectivity index (χ0n) is 15.0. The van der Waals surface area contributed by atoms with Gasteiger partial charge in [-0.25, -0.2) is 0 Å². The molecule has 1 saturated heterocycles. The van der Waals surface area contributed by atoms with Crippen LogP contribution in [0.3, 0.4) is 0 Å². The van der Waals surface area contributed by atoms with Crippen molar-refractivity contribution in [2.45, 2.75) is 26.2 Å². The number of carbonyl (C=O) groups excluding carboxylic acids is 1. The average Bonchev–Trinajstić information content (AvgIpc) is 3.10. The molecule has 2 rings (SSSR count). The Kier molecular flexibility index (Phi) is 6.58. The minimum absolute atomic E-state index is 0.179. The van der Waals surface area contributed by atoms with Crippen molar-refractivity contribution < 1.29 is 19.2 Å². The number of methoxy groups -OCH3 is 1. The van der Waals surface area contributed by atoms with Crippen molar-refractivity contribution in [3.8, 4) is 11.5 Å². The van der Waals surface area contributed by atoms with E-state index in [1.54, 1.807) is 0 Å². The molecule has 0 radical (unpaired) electrons. The van der Waals surface area contributed by atoms with Crippen LogP contribution in [0.2, 0.25) is 0 Å². The molecule has 8 nitrogen and oxygen atoms in total. The summed E-state index contributed by atoms with van der Waals surface area (Å²) in [6, 6.07) is 2.79. The number of amides is 1. The molecule has 1 aliphatic rings. The first-order valence-electron chi connectivity index (χ1n) is 8.40. The van der Waals surface area contributed by atoms with E-state index in [0.29, 0.717) is 18.1 Å². The number of hydrogen-bond donors (Lipinski definition) is 0. The smallest absolute Gasteiger partial charge is 0.296 e. The Morgan fingerprint density at radius 3 is 2.56 bits per heavy atom. The van der Waals surface area contributed by atoms with Gasteiger partial charge in [-0.15, -0.1) is 0 Å². The summed E-state index contributed by atoms with van der Waals surface area (Å²) in [5, 5.41) is 11.4. The van der Waals surface area contributed by atoms with E-state index in [4.69, 9.17) is 9.47 Å². The van der Waals surface area contributed by atoms with Crippen LogP contribution in [0.1, 0.15) is 26.2 Å². The molecule has 1 amide bonds. The van der Waals surface area contributed by atoms with E-state index >= 15 is 0 Å². The summed E-state index contributed by atoms with van der Waals surface area (Å²) in [7, 11) is 2.95. The van der Waals surface area contributed by atoms with E-state index in [1.807, 2.05) is 0 Å². The number of likely N-dealkylation sites (tertiary alicyclic amines) is 1. The maximum Gasteiger partial charge on any atom is 0.296 e. The summed E-state index contributed by atoms with van der Waals surface area (Å²) in [4.78, 5) is 26.0. The monoisotopic (exact) mass is 351 g/mol. The summed E-state index contributed by atoms with van der Waals surface area (Å²) >= 11 is 0. The Hall–Kier alpha value is -2.35. The molecule has 25 heavy (non-hydrogen) atoms. The number of carbonyl (C=O) groups is 1. The molecule has 1 fully saturated rings. The van der Waals surface area contributed by atoms with Crippen LogP contribution in [-0.2, 0) is 4.79 Å². The molecule has 0 bridgehead atoms. The third-order valence-corrected chi connectivity index (χ3v) is 4.37. The second-order valence-electron chi connectivity index (χ2n) is 6.08. The molecule has 0 saturated carbocycles. The highest BCUT2D eigenvalue weighted by Crippen LogP contribution is 2.39. The Morgan fingerprint density at radius 2 is 2.00 bits per heavy atom. The molecule has 0 aliphatic carbocycles. The van der Waals surface area contributed by atoms with Gasteiger partial charge in [0.25, 0.3) is 5.69 Å². The summed E-state index contributed by atoms with van der Waals surface area (Å²) in [5.41, 5.74) is -0.00758. The largest absolute Gasteiger partial charge is 0.493 e. The van der Waals surface area contributed by atoms with E-state index < -0.39 is 4.92 Å². The highest BCUT2D eigenvalue weighted by Gasteiger charge is 2.24. The van der Waals surface area contributed by atoms with Crippen LogP contribution in [-0.4, -0.2) is 56.1 Å². The van der Waals surface area contributed by atoms with Gasteiger partial charge < -0.3 is 19.3 Å². The van der Waals surface area contributed by atoms with Crippen molar-refractivity contribution in [1.82, 2.24) is 4.90 Å². The zero-order valence-corrected chi connectivity index (χ0v) is 15.0. The Balaban J connectivity index is 2.12. The number of rotatable bonds is 8. The molecule has 1 aliphatic heterocycles. The minimum Gasteiger partial charge on any atom is -0.493 e. The number of hydrogen-bond acceptors (Lipinski definition) is 6. The SMILES string of the molecule is COc1cc(N(C)C(C)=O)c([N+](=O)[O-])cc1OCCCN1CCCC1. The number of ether oxygens (including phenoxy) is 2. The van der Waals surface area contributed by atoms with Gasteiger partial charge in [-0.2, -0.15) is 0 Å². The fourth-order valence-corrected chi connectivity index (χ4v) is 2.87. The van der Waals surface area contributed by atoms with Gasteiger partial charge in [-0.3, -0.25) is 14.9 Å². The van der Waals surface area contributed by atoms with Gasteiger partial charge in [0.2, 0.25) is 5.91 Å². The van der Waals surface area contributed by atoms with Crippen LogP contribution in [0.15, 0.2) is 12.1 Å². The minimum atomic E-state index is -0.523. The summed E-state index contributed by atoms with van der Waals surface area (Å²) in [5.74, 6) is 0.385. The van der Waals surface area contributed by atoms with Crippen LogP contribution in [0.5, 0.6) is 11.5 Å². The van der Waals surface area contributed by atoms with Crippen LogP contribution >= 0.6 is 0 Å². The van der Waals surface area contributed by atoms with Gasteiger partial charge in [0.15, 0.2) is 11.5 Å². The molecule has 1 heterocycles. The van der Waals surface area contributed by atoms with Gasteiger partial charge in [-0.05, 0) is 32.4 Å². The number of benzene rings is 1. The molecule has 0 atom stereocenters. The number of anilines is 1. The zero-order chi connectivity index (χ0) is 18.4. The van der Waals surface area contributed by atoms with E-state index in [1.165, 1.54) is 51.0 Å². The molecule has 1 aromatic carbocycles. The summed E-state index contributed by atoms with van der Waals surface area (Å²) < 4.78 is 11.0. The van der Waals surface area contributed by atoms with Gasteiger partial charge in [0.05, 0.1) is 24.7 Å². The first-order valence-corrected chi connectivity index (χ1v) is 8.40. The number of nitro groups is 1. The van der Waals surface area contributed by atoms with E-state index in [-0.39, 0.29) is 17.3 Å². The molecule has 1 aromatic rings. The lowest BCUT2D eigenvalue weighted by Gasteiger charge is -2.18. The van der Waals surface area contributed by atoms with E-state index in [2.05, 4.69) is 4.90 Å². The van der Waals surface area contributed by atoms with Crippen molar-refractivity contribution in [2.75, 3.05) is 45.3 Å². The standard InChI is InChI=1S/C17H25N3O5/c1-13(21)18(2)14-11-16(24-3)17(12-15(14)20(22)23)25-10-6-9-19-7-4-5-8-19/h11-12H,4-10H2,1-3H3. The molecule has 0 aromatic heterocycles. The predicted octanol–water partition coefficient (Wildman–Crippen LogP) is 2.45. The highest BCUT2D eigenvalue weighted by molar-refractivity contribution is 5.94. The fraction of sp³-hybridized carbons (Fsp3) is 0.588. The Morgan fingerprint density at radius 1 is 1.32 bits per heavy atom. The van der Waals surface area contributed by atoms with Gasteiger partial charge in [0.1, 0.15) is 5.69 Å². The quantitative estimate of drug-likeness (QED) is 0.406. The van der Waals surface area contributed by atoms with Crippen molar-refractivity contribution in [1.29, 1.82) is 0 Å².